The number of nitrogens with one attached hydrogen (secondary N) is 2. The van der Waals surface area contributed by atoms with Gasteiger partial charge in [0.15, 0.2) is 6.61 Å². The van der Waals surface area contributed by atoms with Crippen molar-refractivity contribution in [2.45, 2.75) is 13.8 Å². The zero-order valence-electron chi connectivity index (χ0n) is 17.1. The van der Waals surface area contributed by atoms with Crippen molar-refractivity contribution in [1.29, 1.82) is 0 Å². The molecule has 7 heteroatoms. The van der Waals surface area contributed by atoms with E-state index in [9.17, 15) is 18.8 Å². The monoisotopic (exact) mass is 420 g/mol. The summed E-state index contributed by atoms with van der Waals surface area (Å²) in [4.78, 5) is 36.9. The first kappa shape index (κ1) is 21.7. The minimum absolute atomic E-state index is 0.00818. The van der Waals surface area contributed by atoms with Crippen LogP contribution >= 0.6 is 0 Å². The molecule has 6 nitrogen and oxygen atoms in total. The predicted molar refractivity (Wildman–Crippen MR) is 116 cm³/mol. The Kier molecular flexibility index (Phi) is 6.77. The highest BCUT2D eigenvalue weighted by atomic mass is 19.1. The smallest absolute Gasteiger partial charge is 0.338 e. The number of carbonyl (C=O) groups excluding carboxylic acids is 3. The van der Waals surface area contributed by atoms with Gasteiger partial charge in [-0.3, -0.25) is 9.59 Å². The van der Waals surface area contributed by atoms with E-state index in [1.54, 1.807) is 37.3 Å². The lowest BCUT2D eigenvalue weighted by atomic mass is 10.1. The molecule has 3 aromatic carbocycles. The van der Waals surface area contributed by atoms with Crippen LogP contribution in [0.5, 0.6) is 0 Å². The molecule has 2 amide bonds. The van der Waals surface area contributed by atoms with Gasteiger partial charge < -0.3 is 15.4 Å². The summed E-state index contributed by atoms with van der Waals surface area (Å²) >= 11 is 0. The maximum Gasteiger partial charge on any atom is 0.338 e. The summed E-state index contributed by atoms with van der Waals surface area (Å²) in [5, 5.41) is 5.35. The number of anilines is 2. The number of hydrogen-bond acceptors (Lipinski definition) is 4. The summed E-state index contributed by atoms with van der Waals surface area (Å²) in [6.07, 6.45) is 0. The van der Waals surface area contributed by atoms with E-state index in [1.165, 1.54) is 12.1 Å². The third-order valence-corrected chi connectivity index (χ3v) is 4.46. The average Bonchev–Trinajstić information content (AvgIpc) is 2.74. The predicted octanol–water partition coefficient (Wildman–Crippen LogP) is 4.49. The second-order valence-electron chi connectivity index (χ2n) is 6.96. The Morgan fingerprint density at radius 1 is 0.903 bits per heavy atom. The van der Waals surface area contributed by atoms with E-state index in [4.69, 9.17) is 4.74 Å². The Labute approximate surface area is 179 Å². The molecule has 0 aliphatic rings. The van der Waals surface area contributed by atoms with Gasteiger partial charge >= 0.3 is 5.97 Å². The summed E-state index contributed by atoms with van der Waals surface area (Å²) in [7, 11) is 0. The molecule has 0 aliphatic carbocycles. The first-order valence-electron chi connectivity index (χ1n) is 9.53. The first-order valence-corrected chi connectivity index (χ1v) is 9.53. The molecule has 158 valence electrons. The fraction of sp³-hybridized carbons (Fsp3) is 0.125. The lowest BCUT2D eigenvalue weighted by Gasteiger charge is -2.12. The van der Waals surface area contributed by atoms with Crippen LogP contribution in [0.4, 0.5) is 15.8 Å². The number of amides is 2. The zero-order valence-corrected chi connectivity index (χ0v) is 17.1. The molecule has 0 radical (unpaired) electrons. The van der Waals surface area contributed by atoms with Gasteiger partial charge in [-0.1, -0.05) is 30.3 Å². The molecule has 3 rings (SSSR count). The average molecular weight is 420 g/mol. The Balaban J connectivity index is 1.63. The van der Waals surface area contributed by atoms with Crippen LogP contribution in [0, 0.1) is 19.7 Å². The number of carbonyl (C=O) groups is 3. The number of aryl methyl sites for hydroxylation is 2. The first-order chi connectivity index (χ1) is 14.8. The molecule has 0 spiro atoms. The van der Waals surface area contributed by atoms with Gasteiger partial charge in [0.25, 0.3) is 11.8 Å². The van der Waals surface area contributed by atoms with Crippen LogP contribution in [0.3, 0.4) is 0 Å². The van der Waals surface area contributed by atoms with E-state index in [0.717, 1.165) is 11.6 Å². The second-order valence-corrected chi connectivity index (χ2v) is 6.96. The van der Waals surface area contributed by atoms with Crippen molar-refractivity contribution in [1.82, 2.24) is 0 Å². The summed E-state index contributed by atoms with van der Waals surface area (Å²) in [6, 6.07) is 17.7. The van der Waals surface area contributed by atoms with Crippen LogP contribution in [0.2, 0.25) is 0 Å². The molecule has 0 unspecified atom stereocenters. The van der Waals surface area contributed by atoms with Crippen LogP contribution in [-0.2, 0) is 9.53 Å². The van der Waals surface area contributed by atoms with Crippen molar-refractivity contribution in [2.75, 3.05) is 17.2 Å². The van der Waals surface area contributed by atoms with Crippen LogP contribution in [-0.4, -0.2) is 24.4 Å². The minimum atomic E-state index is -0.820. The van der Waals surface area contributed by atoms with Crippen molar-refractivity contribution in [2.24, 2.45) is 0 Å². The highest BCUT2D eigenvalue weighted by Gasteiger charge is 2.16. The fourth-order valence-corrected chi connectivity index (χ4v) is 2.83. The molecule has 0 bridgehead atoms. The van der Waals surface area contributed by atoms with E-state index < -0.39 is 30.2 Å². The second kappa shape index (κ2) is 9.67. The zero-order chi connectivity index (χ0) is 22.4. The van der Waals surface area contributed by atoms with Gasteiger partial charge in [-0.05, 0) is 61.4 Å². The number of halogens is 1. The van der Waals surface area contributed by atoms with Gasteiger partial charge in [0.2, 0.25) is 0 Å². The van der Waals surface area contributed by atoms with Crippen LogP contribution in [0.25, 0.3) is 0 Å². The van der Waals surface area contributed by atoms with Crippen LogP contribution in [0.15, 0.2) is 66.7 Å². The lowest BCUT2D eigenvalue weighted by Crippen LogP contribution is -2.23. The Morgan fingerprint density at radius 3 is 2.42 bits per heavy atom. The van der Waals surface area contributed by atoms with E-state index >= 15 is 0 Å². The number of ether oxygens (including phenoxy) is 1. The van der Waals surface area contributed by atoms with Crippen molar-refractivity contribution in [3.8, 4) is 0 Å². The number of para-hydroxylation sites is 1. The topological polar surface area (TPSA) is 84.5 Å². The third kappa shape index (κ3) is 5.76. The number of rotatable bonds is 6. The van der Waals surface area contributed by atoms with Crippen molar-refractivity contribution in [3.63, 3.8) is 0 Å². The Hall–Kier alpha value is -4.00. The Bertz CT molecular complexity index is 1140. The summed E-state index contributed by atoms with van der Waals surface area (Å²) in [5.74, 6) is -2.38. The van der Waals surface area contributed by atoms with Gasteiger partial charge in [-0.2, -0.15) is 0 Å². The van der Waals surface area contributed by atoms with Crippen molar-refractivity contribution < 1.29 is 23.5 Å². The third-order valence-electron chi connectivity index (χ3n) is 4.46. The van der Waals surface area contributed by atoms with E-state index in [0.29, 0.717) is 11.3 Å². The molecule has 0 aromatic heterocycles. The molecule has 0 heterocycles. The van der Waals surface area contributed by atoms with E-state index in [2.05, 4.69) is 10.6 Å². The van der Waals surface area contributed by atoms with Crippen molar-refractivity contribution >= 4 is 29.2 Å². The maximum absolute atomic E-state index is 13.6. The highest BCUT2D eigenvalue weighted by Crippen LogP contribution is 2.18. The van der Waals surface area contributed by atoms with Gasteiger partial charge in [-0.25, -0.2) is 9.18 Å². The van der Waals surface area contributed by atoms with Crippen molar-refractivity contribution in [3.05, 3.63) is 94.8 Å². The minimum Gasteiger partial charge on any atom is -0.452 e. The fourth-order valence-electron chi connectivity index (χ4n) is 2.83. The Morgan fingerprint density at radius 2 is 1.68 bits per heavy atom. The van der Waals surface area contributed by atoms with Crippen LogP contribution in [0.1, 0.15) is 31.8 Å². The standard InChI is InChI=1S/C24H21FN2O4/c1-15-6-5-7-18(12-15)26-23(29)19-8-3-4-9-21(19)27-22(28)14-31-24(30)17-11-10-16(2)20(25)13-17/h3-13H,14H2,1-2H3,(H,26,29)(H,27,28). The highest BCUT2D eigenvalue weighted by molar-refractivity contribution is 6.10. The SMILES string of the molecule is Cc1cccc(NC(=O)c2ccccc2NC(=O)COC(=O)c2ccc(C)c(F)c2)c1. The van der Waals surface area contributed by atoms with E-state index in [1.807, 2.05) is 25.1 Å². The van der Waals surface area contributed by atoms with Gasteiger partial charge in [0.05, 0.1) is 16.8 Å². The molecule has 0 aliphatic heterocycles. The number of hydrogen-bond donors (Lipinski definition) is 2. The molecule has 0 saturated carbocycles. The van der Waals surface area contributed by atoms with Gasteiger partial charge in [0.1, 0.15) is 5.82 Å². The molecule has 31 heavy (non-hydrogen) atoms. The maximum atomic E-state index is 13.6. The lowest BCUT2D eigenvalue weighted by molar-refractivity contribution is -0.119. The number of esters is 1. The molecule has 0 saturated heterocycles. The normalized spacial score (nSPS) is 10.3. The summed E-state index contributed by atoms with van der Waals surface area (Å²) < 4.78 is 18.5. The molecule has 2 N–H and O–H groups in total. The molecular formula is C24H21FN2O4. The van der Waals surface area contributed by atoms with Gasteiger partial charge in [0, 0.05) is 5.69 Å². The molecule has 0 atom stereocenters. The number of benzene rings is 3. The van der Waals surface area contributed by atoms with Crippen LogP contribution < -0.4 is 10.6 Å². The van der Waals surface area contributed by atoms with Gasteiger partial charge in [-0.15, -0.1) is 0 Å². The molecule has 0 fully saturated rings. The largest absolute Gasteiger partial charge is 0.452 e. The summed E-state index contributed by atoms with van der Waals surface area (Å²) in [5.41, 5.74) is 2.56. The quantitative estimate of drug-likeness (QED) is 0.576. The van der Waals surface area contributed by atoms with E-state index in [-0.39, 0.29) is 16.8 Å². The summed E-state index contributed by atoms with van der Waals surface area (Å²) in [6.45, 7) is 2.91. The molecule has 3 aromatic rings. The molecular weight excluding hydrogens is 399 g/mol.